The first-order chi connectivity index (χ1) is 17.3. The van der Waals surface area contributed by atoms with Crippen molar-refractivity contribution >= 4 is 22.8 Å². The Morgan fingerprint density at radius 1 is 1.17 bits per heavy atom. The molecule has 1 aromatic heterocycles. The second-order valence-corrected chi connectivity index (χ2v) is 9.82. The number of carbonyl (C=O) groups excluding carboxylic acids is 2. The van der Waals surface area contributed by atoms with Gasteiger partial charge in [0.05, 0.1) is 19.6 Å². The topological polar surface area (TPSA) is 65.6 Å². The summed E-state index contributed by atoms with van der Waals surface area (Å²) in [6.45, 7) is 2.72. The third-order valence-electron chi connectivity index (χ3n) is 7.88. The van der Waals surface area contributed by atoms with Crippen molar-refractivity contribution in [1.82, 2.24) is 14.8 Å². The van der Waals surface area contributed by atoms with E-state index < -0.39 is 0 Å². The number of carbonyl (C=O) groups is 2. The Morgan fingerprint density at radius 3 is 2.64 bits per heavy atom. The Hall–Kier alpha value is -3.19. The first-order valence-corrected chi connectivity index (χ1v) is 12.7. The number of fused-ring (bicyclic) bond motifs is 3. The van der Waals surface area contributed by atoms with Gasteiger partial charge in [-0.05, 0) is 69.1 Å². The highest BCUT2D eigenvalue weighted by molar-refractivity contribution is 5.86. The summed E-state index contributed by atoms with van der Waals surface area (Å²) in [6.07, 6.45) is 3.18. The molecule has 0 saturated carbocycles. The van der Waals surface area contributed by atoms with E-state index in [0.717, 1.165) is 36.0 Å². The lowest BCUT2D eigenvalue weighted by molar-refractivity contribution is -0.144. The molecule has 2 unspecified atom stereocenters. The zero-order valence-electron chi connectivity index (χ0n) is 21.6. The molecule has 1 N–H and O–H groups in total. The summed E-state index contributed by atoms with van der Waals surface area (Å²) in [5.74, 6) is -0.679. The third kappa shape index (κ3) is 4.89. The Morgan fingerprint density at radius 2 is 1.94 bits per heavy atom. The Balaban J connectivity index is 1.70. The molecule has 3 aromatic rings. The van der Waals surface area contributed by atoms with Crippen LogP contribution in [0, 0.1) is 5.82 Å². The Kier molecular flexibility index (Phi) is 7.79. The number of H-pyrrole nitrogens is 1. The van der Waals surface area contributed by atoms with E-state index in [2.05, 4.69) is 28.9 Å². The van der Waals surface area contributed by atoms with Crippen LogP contribution in [0.3, 0.4) is 0 Å². The average molecular weight is 494 g/mol. The molecule has 0 fully saturated rings. The van der Waals surface area contributed by atoms with Gasteiger partial charge in [0, 0.05) is 35.1 Å². The molecule has 1 aliphatic heterocycles. The van der Waals surface area contributed by atoms with Gasteiger partial charge in [-0.1, -0.05) is 37.3 Å². The molecule has 0 radical (unpaired) electrons. The molecule has 0 spiro atoms. The van der Waals surface area contributed by atoms with E-state index in [9.17, 15) is 14.0 Å². The van der Waals surface area contributed by atoms with Gasteiger partial charge in [-0.3, -0.25) is 14.5 Å². The van der Waals surface area contributed by atoms with Crippen LogP contribution in [0.2, 0.25) is 0 Å². The number of para-hydroxylation sites is 1. The van der Waals surface area contributed by atoms with E-state index in [1.54, 1.807) is 12.1 Å². The molecular formula is C29H36FN3O3. The van der Waals surface area contributed by atoms with Crippen LogP contribution in [0.25, 0.3) is 10.9 Å². The van der Waals surface area contributed by atoms with E-state index in [1.807, 2.05) is 37.2 Å². The van der Waals surface area contributed by atoms with Gasteiger partial charge in [0.2, 0.25) is 5.91 Å². The number of rotatable bonds is 9. The molecule has 36 heavy (non-hydrogen) atoms. The second-order valence-electron chi connectivity index (χ2n) is 9.82. The molecule has 7 heteroatoms. The quantitative estimate of drug-likeness (QED) is 0.409. The van der Waals surface area contributed by atoms with E-state index in [0.29, 0.717) is 13.0 Å². The highest BCUT2D eigenvalue weighted by atomic mass is 19.1. The second kappa shape index (κ2) is 10.8. The van der Waals surface area contributed by atoms with Crippen molar-refractivity contribution in [2.45, 2.75) is 57.0 Å². The smallest absolute Gasteiger partial charge is 0.306 e. The summed E-state index contributed by atoms with van der Waals surface area (Å²) in [5.41, 5.74) is 3.94. The standard InChI is InChI=1S/C29H36FN3O3/c1-5-29(32(2)3,20-9-8-10-21(30)19-20)17-15-25-28-23(22-11-6-7-12-24(22)31-28)16-18-33(25)26(34)13-14-27(35)36-4/h6-12,19,25,31H,5,13-18H2,1-4H3. The lowest BCUT2D eigenvalue weighted by Gasteiger charge is -2.43. The molecule has 0 saturated heterocycles. The van der Waals surface area contributed by atoms with Gasteiger partial charge in [0.1, 0.15) is 5.82 Å². The highest BCUT2D eigenvalue weighted by Gasteiger charge is 2.38. The number of nitrogens with zero attached hydrogens (tertiary/aromatic N) is 2. The van der Waals surface area contributed by atoms with Crippen LogP contribution in [0.5, 0.6) is 0 Å². The minimum Gasteiger partial charge on any atom is -0.469 e. The van der Waals surface area contributed by atoms with Gasteiger partial charge in [-0.15, -0.1) is 0 Å². The molecule has 6 nitrogen and oxygen atoms in total. The molecule has 2 heterocycles. The maximum Gasteiger partial charge on any atom is 0.306 e. The fourth-order valence-electron chi connectivity index (χ4n) is 5.85. The average Bonchev–Trinajstić information content (AvgIpc) is 3.26. The summed E-state index contributed by atoms with van der Waals surface area (Å²) >= 11 is 0. The van der Waals surface area contributed by atoms with Crippen LogP contribution in [-0.4, -0.2) is 54.4 Å². The summed E-state index contributed by atoms with van der Waals surface area (Å²) < 4.78 is 19.0. The highest BCUT2D eigenvalue weighted by Crippen LogP contribution is 2.42. The maximum absolute atomic E-state index is 14.2. The Bertz CT molecular complexity index is 1240. The Labute approximate surface area is 212 Å². The van der Waals surface area contributed by atoms with Crippen molar-refractivity contribution < 1.29 is 18.7 Å². The molecule has 192 valence electrons. The zero-order chi connectivity index (χ0) is 25.9. The fourth-order valence-corrected chi connectivity index (χ4v) is 5.85. The van der Waals surface area contributed by atoms with E-state index >= 15 is 0 Å². The van der Waals surface area contributed by atoms with E-state index in [1.165, 1.54) is 24.1 Å². The largest absolute Gasteiger partial charge is 0.469 e. The molecule has 0 bridgehead atoms. The van der Waals surface area contributed by atoms with Gasteiger partial charge < -0.3 is 14.6 Å². The molecule has 2 aromatic carbocycles. The number of aromatic amines is 1. The number of hydrogen-bond donors (Lipinski definition) is 1. The lowest BCUT2D eigenvalue weighted by atomic mass is 9.79. The van der Waals surface area contributed by atoms with Crippen molar-refractivity contribution in [2.24, 2.45) is 0 Å². The molecule has 0 aliphatic carbocycles. The number of aromatic nitrogens is 1. The van der Waals surface area contributed by atoms with E-state index in [4.69, 9.17) is 4.74 Å². The number of esters is 1. The van der Waals surface area contributed by atoms with Crippen molar-refractivity contribution in [3.8, 4) is 0 Å². The zero-order valence-corrected chi connectivity index (χ0v) is 21.6. The fraction of sp³-hybridized carbons (Fsp3) is 0.448. The number of nitrogens with one attached hydrogen (secondary N) is 1. The van der Waals surface area contributed by atoms with Gasteiger partial charge in [0.25, 0.3) is 0 Å². The number of ether oxygens (including phenoxy) is 1. The summed E-state index contributed by atoms with van der Waals surface area (Å²) in [7, 11) is 5.40. The third-order valence-corrected chi connectivity index (χ3v) is 7.88. The maximum atomic E-state index is 14.2. The van der Waals surface area contributed by atoms with Gasteiger partial charge >= 0.3 is 5.97 Å². The number of benzene rings is 2. The van der Waals surface area contributed by atoms with Crippen molar-refractivity contribution in [1.29, 1.82) is 0 Å². The SMILES string of the molecule is CCC(CCC1c2[nH]c3ccccc3c2CCN1C(=O)CCC(=O)OC)(c1cccc(F)c1)N(C)C. The van der Waals surface area contributed by atoms with Crippen LogP contribution in [0.4, 0.5) is 4.39 Å². The number of methoxy groups -OCH3 is 1. The van der Waals surface area contributed by atoms with Gasteiger partial charge in [-0.2, -0.15) is 0 Å². The first-order valence-electron chi connectivity index (χ1n) is 12.7. The van der Waals surface area contributed by atoms with Crippen LogP contribution in [0.15, 0.2) is 48.5 Å². The molecule has 1 aliphatic rings. The predicted molar refractivity (Wildman–Crippen MR) is 139 cm³/mol. The minimum absolute atomic E-state index is 0.0487. The molecule has 4 rings (SSSR count). The van der Waals surface area contributed by atoms with Crippen molar-refractivity contribution in [3.63, 3.8) is 0 Å². The summed E-state index contributed by atoms with van der Waals surface area (Å²) in [5, 5.41) is 1.19. The lowest BCUT2D eigenvalue weighted by Crippen LogP contribution is -2.44. The molecule has 1 amide bonds. The van der Waals surface area contributed by atoms with Crippen LogP contribution in [0.1, 0.15) is 61.9 Å². The van der Waals surface area contributed by atoms with Gasteiger partial charge in [-0.25, -0.2) is 4.39 Å². The normalized spacial score (nSPS) is 17.2. The molecule has 2 atom stereocenters. The van der Waals surface area contributed by atoms with Crippen molar-refractivity contribution in [3.05, 3.63) is 71.2 Å². The first kappa shape index (κ1) is 25.9. The van der Waals surface area contributed by atoms with Gasteiger partial charge in [0.15, 0.2) is 0 Å². The van der Waals surface area contributed by atoms with Crippen LogP contribution >= 0.6 is 0 Å². The predicted octanol–water partition coefficient (Wildman–Crippen LogP) is 5.33. The number of amides is 1. The number of halogens is 1. The minimum atomic E-state index is -0.382. The monoisotopic (exact) mass is 493 g/mol. The molecular weight excluding hydrogens is 457 g/mol. The summed E-state index contributed by atoms with van der Waals surface area (Å²) in [4.78, 5) is 32.7. The van der Waals surface area contributed by atoms with Crippen LogP contribution < -0.4 is 0 Å². The van der Waals surface area contributed by atoms with Crippen molar-refractivity contribution in [2.75, 3.05) is 27.7 Å². The van der Waals surface area contributed by atoms with E-state index in [-0.39, 0.29) is 42.1 Å². The summed E-state index contributed by atoms with van der Waals surface area (Å²) in [6, 6.07) is 14.9. The van der Waals surface area contributed by atoms with Crippen LogP contribution in [-0.2, 0) is 26.3 Å². The number of hydrogen-bond acceptors (Lipinski definition) is 4.